The predicted molar refractivity (Wildman–Crippen MR) is 153 cm³/mol. The van der Waals surface area contributed by atoms with E-state index in [4.69, 9.17) is 5.73 Å². The van der Waals surface area contributed by atoms with Crippen LogP contribution in [-0.2, 0) is 32.1 Å². The van der Waals surface area contributed by atoms with Gasteiger partial charge >= 0.3 is 0 Å². The Labute approximate surface area is 245 Å². The number of nitrogens with one attached hydrogen (secondary N) is 1. The first-order valence-electron chi connectivity index (χ1n) is 14.6. The maximum atomic E-state index is 14.0. The third-order valence-corrected chi connectivity index (χ3v) is 9.68. The zero-order valence-corrected chi connectivity index (χ0v) is 24.7. The van der Waals surface area contributed by atoms with Gasteiger partial charge in [0.15, 0.2) is 34.7 Å². The highest BCUT2D eigenvalue weighted by Crippen LogP contribution is 2.52. The number of fused-ring (bicyclic) bond motifs is 3. The molecule has 1 saturated heterocycles. The second kappa shape index (κ2) is 11.1. The van der Waals surface area contributed by atoms with E-state index >= 15 is 0 Å². The SMILES string of the molecule is CN(C)c1c(CNCCN2CCCC2)cc(O)c2c1C[C@H]1C[C@H]3[C@H](N(C)C)C(=O)C(C(N)=O)C(=O)[C@@]3(O)C(=O)C1C2=O. The molecular formula is C30H41N5O7. The Hall–Kier alpha value is -3.19. The number of nitrogens with zero attached hydrogens (tertiary/aromatic N) is 3. The van der Waals surface area contributed by atoms with Crippen molar-refractivity contribution >= 4 is 34.7 Å². The minimum absolute atomic E-state index is 0.00566. The average molecular weight is 584 g/mol. The first-order chi connectivity index (χ1) is 19.8. The van der Waals surface area contributed by atoms with Gasteiger partial charge in [0.2, 0.25) is 5.91 Å². The van der Waals surface area contributed by atoms with E-state index in [-0.39, 0.29) is 24.2 Å². The Morgan fingerprint density at radius 2 is 1.79 bits per heavy atom. The largest absolute Gasteiger partial charge is 0.507 e. The van der Waals surface area contributed by atoms with Gasteiger partial charge in [0.1, 0.15) is 5.75 Å². The molecular weight excluding hydrogens is 542 g/mol. The Kier molecular flexibility index (Phi) is 8.03. The minimum atomic E-state index is -2.73. The molecule has 5 N–H and O–H groups in total. The zero-order valence-electron chi connectivity index (χ0n) is 24.7. The summed E-state index contributed by atoms with van der Waals surface area (Å²) in [5.74, 6) is -10.4. The van der Waals surface area contributed by atoms with Crippen molar-refractivity contribution in [3.63, 3.8) is 0 Å². The molecule has 1 amide bonds. The maximum Gasteiger partial charge on any atom is 0.235 e. The lowest BCUT2D eigenvalue weighted by Gasteiger charge is -2.52. The quantitative estimate of drug-likeness (QED) is 0.221. The molecule has 12 nitrogen and oxygen atoms in total. The molecule has 1 aromatic rings. The topological polar surface area (TPSA) is 174 Å². The molecule has 0 bridgehead atoms. The number of carbonyl (C=O) groups is 5. The maximum absolute atomic E-state index is 14.0. The van der Waals surface area contributed by atoms with Gasteiger partial charge in [-0.1, -0.05) is 0 Å². The zero-order chi connectivity index (χ0) is 30.7. The molecule has 0 aromatic heterocycles. The minimum Gasteiger partial charge on any atom is -0.507 e. The van der Waals surface area contributed by atoms with E-state index in [1.807, 2.05) is 19.0 Å². The number of phenolic OH excluding ortho intramolecular Hbond substituents is 1. The van der Waals surface area contributed by atoms with E-state index in [2.05, 4.69) is 10.2 Å². The van der Waals surface area contributed by atoms with Crippen LogP contribution in [-0.4, -0.2) is 115 Å². The Balaban J connectivity index is 1.51. The van der Waals surface area contributed by atoms with Crippen LogP contribution in [0.1, 0.15) is 40.7 Å². The predicted octanol–water partition coefficient (Wildman–Crippen LogP) is -0.882. The molecule has 5 rings (SSSR count). The number of nitrogens with two attached hydrogens (primary N) is 1. The number of anilines is 1. The number of rotatable bonds is 8. The third kappa shape index (κ3) is 4.64. The Morgan fingerprint density at radius 1 is 1.12 bits per heavy atom. The summed E-state index contributed by atoms with van der Waals surface area (Å²) in [6, 6.07) is 0.412. The van der Waals surface area contributed by atoms with Crippen LogP contribution in [0.2, 0.25) is 0 Å². The van der Waals surface area contributed by atoms with Gasteiger partial charge in [-0.15, -0.1) is 0 Å². The molecule has 1 heterocycles. The normalized spacial score (nSPS) is 31.2. The summed E-state index contributed by atoms with van der Waals surface area (Å²) in [6.07, 6.45) is 2.68. The Bertz CT molecular complexity index is 1340. The number of likely N-dealkylation sites (tertiary alicyclic amines) is 1. The van der Waals surface area contributed by atoms with Gasteiger partial charge < -0.3 is 31.1 Å². The smallest absolute Gasteiger partial charge is 0.235 e. The van der Waals surface area contributed by atoms with Crippen molar-refractivity contribution in [3.05, 3.63) is 22.8 Å². The monoisotopic (exact) mass is 583 g/mol. The first kappa shape index (κ1) is 30.3. The summed E-state index contributed by atoms with van der Waals surface area (Å²) in [5.41, 5.74) is 4.84. The van der Waals surface area contributed by atoms with Crippen molar-refractivity contribution in [1.82, 2.24) is 15.1 Å². The van der Waals surface area contributed by atoms with Gasteiger partial charge in [0, 0.05) is 45.3 Å². The fourth-order valence-electron chi connectivity index (χ4n) is 7.89. The van der Waals surface area contributed by atoms with Crippen LogP contribution in [0.3, 0.4) is 0 Å². The van der Waals surface area contributed by atoms with Gasteiger partial charge in [-0.2, -0.15) is 0 Å². The number of hydrogen-bond donors (Lipinski definition) is 4. The van der Waals surface area contributed by atoms with Crippen molar-refractivity contribution < 1.29 is 34.2 Å². The summed E-state index contributed by atoms with van der Waals surface area (Å²) < 4.78 is 0. The molecule has 3 aliphatic carbocycles. The van der Waals surface area contributed by atoms with Crippen LogP contribution in [0.4, 0.5) is 5.69 Å². The lowest BCUT2D eigenvalue weighted by atomic mass is 9.52. The number of amides is 1. The van der Waals surface area contributed by atoms with E-state index in [0.717, 1.165) is 37.4 Å². The van der Waals surface area contributed by atoms with Crippen LogP contribution in [0.25, 0.3) is 0 Å². The molecule has 0 spiro atoms. The van der Waals surface area contributed by atoms with Crippen LogP contribution in [0.5, 0.6) is 5.75 Å². The van der Waals surface area contributed by atoms with Crippen molar-refractivity contribution in [3.8, 4) is 5.75 Å². The van der Waals surface area contributed by atoms with Crippen molar-refractivity contribution in [2.24, 2.45) is 29.4 Å². The second-order valence-corrected chi connectivity index (χ2v) is 12.7. The van der Waals surface area contributed by atoms with Gasteiger partial charge in [-0.05, 0) is 76.0 Å². The fraction of sp³-hybridized carbons (Fsp3) is 0.633. The highest BCUT2D eigenvalue weighted by Gasteiger charge is 2.69. The number of benzene rings is 1. The van der Waals surface area contributed by atoms with E-state index in [1.54, 1.807) is 14.1 Å². The summed E-state index contributed by atoms with van der Waals surface area (Å²) in [7, 11) is 6.85. The second-order valence-electron chi connectivity index (χ2n) is 12.7. The van der Waals surface area contributed by atoms with Crippen LogP contribution >= 0.6 is 0 Å². The lowest BCUT2D eigenvalue weighted by Crippen LogP contribution is -2.74. The van der Waals surface area contributed by atoms with Crippen molar-refractivity contribution in [2.45, 2.75) is 43.9 Å². The molecule has 4 aliphatic rings. The molecule has 12 heteroatoms. The molecule has 3 fully saturated rings. The summed E-state index contributed by atoms with van der Waals surface area (Å²) >= 11 is 0. The highest BCUT2D eigenvalue weighted by molar-refractivity contribution is 6.32. The van der Waals surface area contributed by atoms with Gasteiger partial charge in [0.05, 0.1) is 17.5 Å². The number of likely N-dealkylation sites (N-methyl/N-ethyl adjacent to an activating group) is 1. The number of aliphatic hydroxyl groups is 1. The highest BCUT2D eigenvalue weighted by atomic mass is 16.3. The van der Waals surface area contributed by atoms with E-state index < -0.39 is 64.4 Å². The van der Waals surface area contributed by atoms with Gasteiger partial charge in [0.25, 0.3) is 0 Å². The van der Waals surface area contributed by atoms with E-state index in [9.17, 15) is 34.2 Å². The van der Waals surface area contributed by atoms with Crippen LogP contribution < -0.4 is 16.0 Å². The summed E-state index contributed by atoms with van der Waals surface area (Å²) in [4.78, 5) is 72.6. The van der Waals surface area contributed by atoms with Crippen molar-refractivity contribution in [2.75, 3.05) is 59.3 Å². The number of carbonyl (C=O) groups excluding carboxylic acids is 5. The Morgan fingerprint density at radius 3 is 2.38 bits per heavy atom. The molecule has 42 heavy (non-hydrogen) atoms. The van der Waals surface area contributed by atoms with Gasteiger partial charge in [-0.3, -0.25) is 28.9 Å². The van der Waals surface area contributed by atoms with Crippen molar-refractivity contribution in [1.29, 1.82) is 0 Å². The van der Waals surface area contributed by atoms with Crippen LogP contribution in [0, 0.1) is 23.7 Å². The number of ketones is 4. The molecule has 1 aromatic carbocycles. The number of aromatic hydroxyl groups is 1. The summed E-state index contributed by atoms with van der Waals surface area (Å²) in [6.45, 7) is 4.34. The number of phenols is 1. The number of primary amides is 1. The third-order valence-electron chi connectivity index (χ3n) is 9.68. The first-order valence-corrected chi connectivity index (χ1v) is 14.6. The average Bonchev–Trinajstić information content (AvgIpc) is 3.41. The van der Waals surface area contributed by atoms with E-state index in [1.165, 1.54) is 23.8 Å². The molecule has 2 saturated carbocycles. The van der Waals surface area contributed by atoms with Crippen LogP contribution in [0.15, 0.2) is 6.07 Å². The standard InChI is InChI=1S/C30H41N5O7/c1-33(2)23-16(14-32-7-10-35-8-5-6-9-35)13-19(36)21-17(23)11-15-12-18-24(34(3)4)26(38)22(29(31)41)28(40)30(18,42)27(39)20(15)25(21)37/h13,15,18,20,22,24,32,36,42H,5-12,14H2,1-4H3,(H2,31,41)/t15-,18-,20?,22?,24-,30-/m0/s1. The molecule has 228 valence electrons. The molecule has 1 aliphatic heterocycles. The molecule has 0 radical (unpaired) electrons. The number of Topliss-reactive ketones (excluding diaryl/α,β-unsaturated/α-hetero) is 4. The molecule has 6 atom stereocenters. The fourth-order valence-corrected chi connectivity index (χ4v) is 7.89. The summed E-state index contributed by atoms with van der Waals surface area (Å²) in [5, 5.41) is 26.3. The van der Waals surface area contributed by atoms with E-state index in [0.29, 0.717) is 12.1 Å². The number of hydrogen-bond acceptors (Lipinski definition) is 11. The lowest BCUT2D eigenvalue weighted by molar-refractivity contribution is -0.181. The van der Waals surface area contributed by atoms with Gasteiger partial charge in [-0.25, -0.2) is 0 Å². The molecule has 2 unspecified atom stereocenters.